The third kappa shape index (κ3) is 3.60. The molecule has 0 fully saturated rings. The van der Waals surface area contributed by atoms with E-state index in [1.54, 1.807) is 0 Å². The van der Waals surface area contributed by atoms with Gasteiger partial charge in [0.15, 0.2) is 23.1 Å². The summed E-state index contributed by atoms with van der Waals surface area (Å²) in [6.07, 6.45) is 1.89. The molecule has 5 N–H and O–H groups in total. The number of fused-ring (bicyclic) bond motifs is 1. The van der Waals surface area contributed by atoms with Gasteiger partial charge in [0.05, 0.1) is 0 Å². The highest BCUT2D eigenvalue weighted by atomic mass is 16.7. The predicted molar refractivity (Wildman–Crippen MR) is 104 cm³/mol. The molecule has 7 nitrogen and oxygen atoms in total. The Morgan fingerprint density at radius 3 is 2.74 bits per heavy atom. The Kier molecular flexibility index (Phi) is 4.47. The van der Waals surface area contributed by atoms with Crippen molar-refractivity contribution in [3.05, 3.63) is 71.4 Å². The predicted octanol–water partition coefficient (Wildman–Crippen LogP) is 1.46. The molecule has 4 rings (SSSR count). The fourth-order valence-electron chi connectivity index (χ4n) is 3.44. The molecule has 2 aromatic carbocycles. The summed E-state index contributed by atoms with van der Waals surface area (Å²) in [7, 11) is 2.05. The average molecular weight is 365 g/mol. The van der Waals surface area contributed by atoms with Gasteiger partial charge in [-0.25, -0.2) is 4.99 Å². The van der Waals surface area contributed by atoms with E-state index < -0.39 is 5.66 Å². The molecule has 0 spiro atoms. The molecular weight excluding hydrogens is 342 g/mol. The van der Waals surface area contributed by atoms with Crippen LogP contribution in [0.25, 0.3) is 0 Å². The fourth-order valence-corrected chi connectivity index (χ4v) is 3.44. The quantitative estimate of drug-likeness (QED) is 0.742. The second-order valence-electron chi connectivity index (χ2n) is 6.81. The lowest BCUT2D eigenvalue weighted by molar-refractivity contribution is 0.172. The molecule has 2 aliphatic rings. The summed E-state index contributed by atoms with van der Waals surface area (Å²) in [4.78, 5) is 6.62. The molecule has 2 aliphatic heterocycles. The molecule has 2 aromatic rings. The van der Waals surface area contributed by atoms with Crippen LogP contribution in [0, 0.1) is 0 Å². The van der Waals surface area contributed by atoms with E-state index in [2.05, 4.69) is 27.3 Å². The number of hydrogen-bond donors (Lipinski definition) is 3. The molecule has 0 amide bonds. The van der Waals surface area contributed by atoms with Crippen molar-refractivity contribution in [1.82, 2.24) is 10.2 Å². The smallest absolute Gasteiger partial charge is 0.231 e. The van der Waals surface area contributed by atoms with E-state index in [4.69, 9.17) is 20.9 Å². The van der Waals surface area contributed by atoms with Crippen molar-refractivity contribution in [2.45, 2.75) is 12.2 Å². The Bertz CT molecular complexity index is 897. The van der Waals surface area contributed by atoms with Gasteiger partial charge in [-0.05, 0) is 24.8 Å². The van der Waals surface area contributed by atoms with Crippen LogP contribution < -0.4 is 26.3 Å². The Balaban J connectivity index is 1.58. The lowest BCUT2D eigenvalue weighted by atomic mass is 9.97. The molecule has 1 atom stereocenters. The van der Waals surface area contributed by atoms with Crippen molar-refractivity contribution in [2.24, 2.45) is 16.5 Å². The van der Waals surface area contributed by atoms with Gasteiger partial charge in [0.1, 0.15) is 0 Å². The summed E-state index contributed by atoms with van der Waals surface area (Å²) in [6, 6.07) is 15.9. The monoisotopic (exact) mass is 365 g/mol. The molecule has 27 heavy (non-hydrogen) atoms. The van der Waals surface area contributed by atoms with Crippen LogP contribution in [0.1, 0.15) is 11.1 Å². The maximum atomic E-state index is 6.62. The zero-order chi connectivity index (χ0) is 18.9. The molecule has 0 bridgehead atoms. The van der Waals surface area contributed by atoms with Gasteiger partial charge in [-0.1, -0.05) is 42.5 Å². The first-order valence-corrected chi connectivity index (χ1v) is 8.78. The van der Waals surface area contributed by atoms with Gasteiger partial charge in [0.2, 0.25) is 6.79 Å². The number of likely N-dealkylation sites (N-methyl/N-ethyl adjacent to an activating group) is 1. The van der Waals surface area contributed by atoms with Crippen LogP contribution in [0.5, 0.6) is 11.5 Å². The first-order chi connectivity index (χ1) is 13.0. The zero-order valence-electron chi connectivity index (χ0n) is 15.2. The van der Waals surface area contributed by atoms with Crippen molar-refractivity contribution in [2.75, 3.05) is 20.4 Å². The van der Waals surface area contributed by atoms with Crippen LogP contribution in [0.15, 0.2) is 65.3 Å². The number of nitrogens with zero attached hydrogens (tertiary/aromatic N) is 2. The molecule has 1 unspecified atom stereocenters. The standard InChI is InChI=1S/C20H23N5O2/c1-25(11-14-6-3-2-4-7-14)12-15-10-20(22,24-19(21)23-15)16-8-5-9-17-18(16)27-13-26-17/h2-10H,11-13,22H2,1H3,(H3,21,23,24). The zero-order valence-corrected chi connectivity index (χ0v) is 15.2. The third-order valence-electron chi connectivity index (χ3n) is 4.55. The lowest BCUT2D eigenvalue weighted by Crippen LogP contribution is -2.46. The highest BCUT2D eigenvalue weighted by Crippen LogP contribution is 2.41. The largest absolute Gasteiger partial charge is 0.454 e. The molecule has 0 saturated carbocycles. The van der Waals surface area contributed by atoms with Crippen molar-refractivity contribution < 1.29 is 9.47 Å². The molecule has 0 aromatic heterocycles. The van der Waals surface area contributed by atoms with E-state index in [9.17, 15) is 0 Å². The van der Waals surface area contributed by atoms with Crippen LogP contribution in [0.4, 0.5) is 0 Å². The molecule has 0 aliphatic carbocycles. The molecule has 0 saturated heterocycles. The lowest BCUT2D eigenvalue weighted by Gasteiger charge is -2.31. The molecule has 0 radical (unpaired) electrons. The molecule has 140 valence electrons. The van der Waals surface area contributed by atoms with Crippen LogP contribution in [0.2, 0.25) is 0 Å². The number of nitrogens with two attached hydrogens (primary N) is 2. The van der Waals surface area contributed by atoms with Crippen molar-refractivity contribution in [3.63, 3.8) is 0 Å². The minimum absolute atomic E-state index is 0.177. The summed E-state index contributed by atoms with van der Waals surface area (Å²) in [5.41, 5.74) is 14.4. The number of nitrogens with one attached hydrogen (secondary N) is 1. The van der Waals surface area contributed by atoms with Crippen LogP contribution in [0.3, 0.4) is 0 Å². The van der Waals surface area contributed by atoms with E-state index in [1.807, 2.05) is 49.5 Å². The number of ether oxygens (including phenoxy) is 2. The summed E-state index contributed by atoms with van der Waals surface area (Å²) in [5.74, 6) is 1.56. The van der Waals surface area contributed by atoms with E-state index in [0.29, 0.717) is 18.0 Å². The van der Waals surface area contributed by atoms with E-state index in [-0.39, 0.29) is 12.8 Å². The number of benzene rings is 2. The number of hydrogen-bond acceptors (Lipinski definition) is 7. The highest BCUT2D eigenvalue weighted by Gasteiger charge is 2.34. The van der Waals surface area contributed by atoms with Crippen LogP contribution in [-0.4, -0.2) is 31.2 Å². The normalized spacial score (nSPS) is 20.9. The number of aliphatic imine (C=N–C) groups is 1. The van der Waals surface area contributed by atoms with E-state index >= 15 is 0 Å². The summed E-state index contributed by atoms with van der Waals surface area (Å²) in [6.45, 7) is 1.64. The Hall–Kier alpha value is -3.03. The maximum absolute atomic E-state index is 6.62. The minimum Gasteiger partial charge on any atom is -0.454 e. The van der Waals surface area contributed by atoms with Gasteiger partial charge in [-0.2, -0.15) is 0 Å². The number of rotatable bonds is 5. The topological polar surface area (TPSA) is 98.1 Å². The summed E-state index contributed by atoms with van der Waals surface area (Å²) in [5, 5.41) is 3.12. The molecule has 7 heteroatoms. The Morgan fingerprint density at radius 2 is 1.93 bits per heavy atom. The van der Waals surface area contributed by atoms with Gasteiger partial charge >= 0.3 is 0 Å². The van der Waals surface area contributed by atoms with Gasteiger partial charge in [0.25, 0.3) is 0 Å². The third-order valence-corrected chi connectivity index (χ3v) is 4.55. The SMILES string of the molecule is CN(CC1=CC(N)(c2cccc3c2OCO3)N=C(N)N1)Cc1ccccc1. The van der Waals surface area contributed by atoms with E-state index in [1.165, 1.54) is 5.56 Å². The second-order valence-corrected chi connectivity index (χ2v) is 6.81. The van der Waals surface area contributed by atoms with Crippen molar-refractivity contribution in [3.8, 4) is 11.5 Å². The molecule has 2 heterocycles. The number of guanidine groups is 1. The van der Waals surface area contributed by atoms with Crippen molar-refractivity contribution in [1.29, 1.82) is 0 Å². The Morgan fingerprint density at radius 1 is 1.11 bits per heavy atom. The minimum atomic E-state index is -1.11. The summed E-state index contributed by atoms with van der Waals surface area (Å²) < 4.78 is 11.1. The van der Waals surface area contributed by atoms with Gasteiger partial charge in [0, 0.05) is 24.4 Å². The van der Waals surface area contributed by atoms with E-state index in [0.717, 1.165) is 17.8 Å². The fraction of sp³-hybridized carbons (Fsp3) is 0.250. The highest BCUT2D eigenvalue weighted by molar-refractivity contribution is 5.82. The summed E-state index contributed by atoms with van der Waals surface area (Å²) >= 11 is 0. The average Bonchev–Trinajstić information content (AvgIpc) is 3.10. The first kappa shape index (κ1) is 17.4. The van der Waals surface area contributed by atoms with Gasteiger partial charge in [-0.15, -0.1) is 0 Å². The van der Waals surface area contributed by atoms with Gasteiger partial charge in [-0.3, -0.25) is 10.6 Å². The Labute approximate surface area is 158 Å². The second kappa shape index (κ2) is 6.94. The molecular formula is C20H23N5O2. The van der Waals surface area contributed by atoms with Crippen LogP contribution >= 0.6 is 0 Å². The maximum Gasteiger partial charge on any atom is 0.231 e. The van der Waals surface area contributed by atoms with Crippen LogP contribution in [-0.2, 0) is 12.2 Å². The first-order valence-electron chi connectivity index (χ1n) is 8.78. The number of para-hydroxylation sites is 1. The van der Waals surface area contributed by atoms with Crippen molar-refractivity contribution >= 4 is 5.96 Å². The van der Waals surface area contributed by atoms with Gasteiger partial charge < -0.3 is 20.5 Å².